The van der Waals surface area contributed by atoms with Crippen molar-refractivity contribution in [2.45, 2.75) is 51.3 Å². The van der Waals surface area contributed by atoms with Gasteiger partial charge in [0, 0.05) is 19.2 Å². The SMILES string of the molecule is CCCN1CCCCC(N)C1c1cccc(COC)c1. The van der Waals surface area contributed by atoms with Crippen LogP contribution in [0.5, 0.6) is 0 Å². The molecular weight excluding hydrogens is 248 g/mol. The Hall–Kier alpha value is -0.900. The van der Waals surface area contributed by atoms with Crippen molar-refractivity contribution in [2.24, 2.45) is 5.73 Å². The first-order valence-corrected chi connectivity index (χ1v) is 7.83. The third kappa shape index (κ3) is 3.81. The number of benzene rings is 1. The number of nitrogens with two attached hydrogens (primary N) is 1. The van der Waals surface area contributed by atoms with Gasteiger partial charge in [-0.05, 0) is 43.5 Å². The van der Waals surface area contributed by atoms with Gasteiger partial charge in [0.15, 0.2) is 0 Å². The maximum atomic E-state index is 6.48. The molecule has 112 valence electrons. The zero-order chi connectivity index (χ0) is 14.4. The van der Waals surface area contributed by atoms with Gasteiger partial charge in [-0.2, -0.15) is 0 Å². The molecule has 2 N–H and O–H groups in total. The average molecular weight is 276 g/mol. The zero-order valence-corrected chi connectivity index (χ0v) is 12.8. The van der Waals surface area contributed by atoms with Gasteiger partial charge in [-0.25, -0.2) is 0 Å². The van der Waals surface area contributed by atoms with Crippen LogP contribution >= 0.6 is 0 Å². The molecule has 1 saturated heterocycles. The predicted molar refractivity (Wildman–Crippen MR) is 83.6 cm³/mol. The fraction of sp³-hybridized carbons (Fsp3) is 0.647. The van der Waals surface area contributed by atoms with Crippen molar-refractivity contribution in [1.82, 2.24) is 4.90 Å². The molecule has 1 fully saturated rings. The summed E-state index contributed by atoms with van der Waals surface area (Å²) in [5.74, 6) is 0. The van der Waals surface area contributed by atoms with Gasteiger partial charge >= 0.3 is 0 Å². The summed E-state index contributed by atoms with van der Waals surface area (Å²) in [6.45, 7) is 5.21. The molecule has 3 heteroatoms. The third-order valence-corrected chi connectivity index (χ3v) is 4.15. The number of ether oxygens (including phenoxy) is 1. The largest absolute Gasteiger partial charge is 0.380 e. The highest BCUT2D eigenvalue weighted by atomic mass is 16.5. The Morgan fingerprint density at radius 2 is 2.20 bits per heavy atom. The van der Waals surface area contributed by atoms with Crippen LogP contribution in [0.15, 0.2) is 24.3 Å². The van der Waals surface area contributed by atoms with Gasteiger partial charge in [0.25, 0.3) is 0 Å². The van der Waals surface area contributed by atoms with Crippen molar-refractivity contribution in [3.63, 3.8) is 0 Å². The van der Waals surface area contributed by atoms with E-state index in [9.17, 15) is 0 Å². The highest BCUT2D eigenvalue weighted by Gasteiger charge is 2.28. The lowest BCUT2D eigenvalue weighted by Crippen LogP contribution is -2.40. The molecule has 2 rings (SSSR count). The maximum absolute atomic E-state index is 6.48. The average Bonchev–Trinajstić information content (AvgIpc) is 2.62. The Labute approximate surface area is 123 Å². The molecule has 0 saturated carbocycles. The number of hydrogen-bond donors (Lipinski definition) is 1. The smallest absolute Gasteiger partial charge is 0.0713 e. The maximum Gasteiger partial charge on any atom is 0.0713 e. The van der Waals surface area contributed by atoms with Crippen LogP contribution in [0, 0.1) is 0 Å². The van der Waals surface area contributed by atoms with E-state index in [0.29, 0.717) is 12.6 Å². The molecule has 0 amide bonds. The Morgan fingerprint density at radius 3 is 2.95 bits per heavy atom. The Bertz CT molecular complexity index is 408. The van der Waals surface area contributed by atoms with Crippen LogP contribution in [0.3, 0.4) is 0 Å². The second-order valence-corrected chi connectivity index (χ2v) is 5.82. The lowest BCUT2D eigenvalue weighted by Gasteiger charge is -2.33. The first kappa shape index (κ1) is 15.5. The van der Waals surface area contributed by atoms with Crippen molar-refractivity contribution in [3.05, 3.63) is 35.4 Å². The van der Waals surface area contributed by atoms with Gasteiger partial charge in [0.05, 0.1) is 6.61 Å². The number of methoxy groups -OCH3 is 1. The Morgan fingerprint density at radius 1 is 1.35 bits per heavy atom. The van der Waals surface area contributed by atoms with E-state index in [2.05, 4.69) is 36.1 Å². The molecule has 20 heavy (non-hydrogen) atoms. The van der Waals surface area contributed by atoms with E-state index < -0.39 is 0 Å². The van der Waals surface area contributed by atoms with Gasteiger partial charge in [-0.3, -0.25) is 4.90 Å². The number of rotatable bonds is 5. The normalized spacial score (nSPS) is 24.6. The fourth-order valence-electron chi connectivity index (χ4n) is 3.29. The molecule has 1 aliphatic heterocycles. The molecule has 2 atom stereocenters. The molecule has 1 heterocycles. The highest BCUT2D eigenvalue weighted by Crippen LogP contribution is 2.30. The van der Waals surface area contributed by atoms with E-state index in [0.717, 1.165) is 13.0 Å². The summed E-state index contributed by atoms with van der Waals surface area (Å²) in [6.07, 6.45) is 4.82. The van der Waals surface area contributed by atoms with E-state index in [1.54, 1.807) is 7.11 Å². The number of likely N-dealkylation sites (tertiary alicyclic amines) is 1. The van der Waals surface area contributed by atoms with Crippen molar-refractivity contribution in [1.29, 1.82) is 0 Å². The van der Waals surface area contributed by atoms with Crippen molar-refractivity contribution in [2.75, 3.05) is 20.2 Å². The van der Waals surface area contributed by atoms with Gasteiger partial charge in [-0.15, -0.1) is 0 Å². The monoisotopic (exact) mass is 276 g/mol. The molecule has 0 aliphatic carbocycles. The van der Waals surface area contributed by atoms with Gasteiger partial charge < -0.3 is 10.5 Å². The number of hydrogen-bond acceptors (Lipinski definition) is 3. The van der Waals surface area contributed by atoms with Gasteiger partial charge in [0.2, 0.25) is 0 Å². The minimum Gasteiger partial charge on any atom is -0.380 e. The summed E-state index contributed by atoms with van der Waals surface area (Å²) >= 11 is 0. The van der Waals surface area contributed by atoms with Crippen LogP contribution in [0.4, 0.5) is 0 Å². The molecule has 3 nitrogen and oxygen atoms in total. The van der Waals surface area contributed by atoms with E-state index in [-0.39, 0.29) is 6.04 Å². The van der Waals surface area contributed by atoms with Gasteiger partial charge in [-0.1, -0.05) is 37.6 Å². The van der Waals surface area contributed by atoms with E-state index in [1.165, 1.54) is 36.9 Å². The highest BCUT2D eigenvalue weighted by molar-refractivity contribution is 5.27. The molecule has 0 bridgehead atoms. The summed E-state index contributed by atoms with van der Waals surface area (Å²) in [5.41, 5.74) is 9.07. The molecule has 1 aliphatic rings. The minimum atomic E-state index is 0.238. The molecule has 2 unspecified atom stereocenters. The van der Waals surface area contributed by atoms with Crippen LogP contribution in [0.2, 0.25) is 0 Å². The molecule has 0 aromatic heterocycles. The number of nitrogens with zero attached hydrogens (tertiary/aromatic N) is 1. The Kier molecular flexibility index (Phi) is 6.02. The first-order valence-electron chi connectivity index (χ1n) is 7.83. The third-order valence-electron chi connectivity index (χ3n) is 4.15. The second-order valence-electron chi connectivity index (χ2n) is 5.82. The first-order chi connectivity index (χ1) is 9.76. The zero-order valence-electron chi connectivity index (χ0n) is 12.8. The van der Waals surface area contributed by atoms with Crippen LogP contribution < -0.4 is 5.73 Å². The lowest BCUT2D eigenvalue weighted by atomic mass is 9.95. The summed E-state index contributed by atoms with van der Waals surface area (Å²) in [6, 6.07) is 9.33. The van der Waals surface area contributed by atoms with Crippen molar-refractivity contribution in [3.8, 4) is 0 Å². The van der Waals surface area contributed by atoms with E-state index in [1.807, 2.05) is 0 Å². The van der Waals surface area contributed by atoms with E-state index in [4.69, 9.17) is 10.5 Å². The van der Waals surface area contributed by atoms with Crippen molar-refractivity contribution >= 4 is 0 Å². The van der Waals surface area contributed by atoms with Crippen LogP contribution in [0.1, 0.15) is 49.8 Å². The van der Waals surface area contributed by atoms with Crippen LogP contribution in [-0.4, -0.2) is 31.1 Å². The fourth-order valence-corrected chi connectivity index (χ4v) is 3.29. The quantitative estimate of drug-likeness (QED) is 0.898. The molecule has 1 aromatic carbocycles. The summed E-state index contributed by atoms with van der Waals surface area (Å²) in [4.78, 5) is 2.57. The molecular formula is C17H28N2O. The lowest BCUT2D eigenvalue weighted by molar-refractivity contribution is 0.180. The Balaban J connectivity index is 2.26. The minimum absolute atomic E-state index is 0.238. The predicted octanol–water partition coefficient (Wildman–Crippen LogP) is 3.10. The molecule has 1 aromatic rings. The van der Waals surface area contributed by atoms with E-state index >= 15 is 0 Å². The van der Waals surface area contributed by atoms with Gasteiger partial charge in [0.1, 0.15) is 0 Å². The standard InChI is InChI=1S/C17H28N2O/c1-3-10-19-11-5-4-9-16(18)17(19)15-8-6-7-14(12-15)13-20-2/h6-8,12,16-17H,3-5,9-11,13,18H2,1-2H3. The summed E-state index contributed by atoms with van der Waals surface area (Å²) in [7, 11) is 1.74. The summed E-state index contributed by atoms with van der Waals surface area (Å²) in [5, 5.41) is 0. The van der Waals surface area contributed by atoms with Crippen molar-refractivity contribution < 1.29 is 4.74 Å². The topological polar surface area (TPSA) is 38.5 Å². The van der Waals surface area contributed by atoms with Crippen LogP contribution in [0.25, 0.3) is 0 Å². The summed E-state index contributed by atoms with van der Waals surface area (Å²) < 4.78 is 5.25. The molecule has 0 spiro atoms. The second kappa shape index (κ2) is 7.77. The van der Waals surface area contributed by atoms with Crippen LogP contribution in [-0.2, 0) is 11.3 Å². The molecule has 0 radical (unpaired) electrons.